The van der Waals surface area contributed by atoms with Crippen LogP contribution in [0.5, 0.6) is 0 Å². The molecule has 16 heavy (non-hydrogen) atoms. The summed E-state index contributed by atoms with van der Waals surface area (Å²) in [7, 11) is 0. The molecular formula is C12H18BrClN2. The van der Waals surface area contributed by atoms with Crippen molar-refractivity contribution >= 4 is 33.3 Å². The highest BCUT2D eigenvalue weighted by atomic mass is 79.9. The molecule has 1 aromatic heterocycles. The van der Waals surface area contributed by atoms with E-state index in [2.05, 4.69) is 46.1 Å². The van der Waals surface area contributed by atoms with Gasteiger partial charge in [0.15, 0.2) is 0 Å². The Hall–Kier alpha value is -0.280. The molecule has 0 aliphatic heterocycles. The van der Waals surface area contributed by atoms with Gasteiger partial charge in [-0.1, -0.05) is 13.3 Å². The number of hydrogen-bond acceptors (Lipinski definition) is 2. The lowest BCUT2D eigenvalue weighted by atomic mass is 10.0. The molecule has 1 unspecified atom stereocenters. The highest BCUT2D eigenvalue weighted by Gasteiger charge is 2.07. The molecule has 0 saturated carbocycles. The molecule has 1 N–H and O–H groups in total. The van der Waals surface area contributed by atoms with Crippen molar-refractivity contribution in [2.24, 2.45) is 5.92 Å². The van der Waals surface area contributed by atoms with Gasteiger partial charge in [-0.25, -0.2) is 4.98 Å². The largest absolute Gasteiger partial charge is 0.370 e. The van der Waals surface area contributed by atoms with Crippen LogP contribution in [-0.2, 0) is 0 Å². The molecule has 0 saturated heterocycles. The summed E-state index contributed by atoms with van der Waals surface area (Å²) in [6.07, 6.45) is 4.02. The number of pyridine rings is 1. The van der Waals surface area contributed by atoms with Gasteiger partial charge >= 0.3 is 0 Å². The van der Waals surface area contributed by atoms with E-state index in [9.17, 15) is 0 Å². The first-order chi connectivity index (χ1) is 7.67. The summed E-state index contributed by atoms with van der Waals surface area (Å²) in [6, 6.07) is 2.07. The van der Waals surface area contributed by atoms with Crippen LogP contribution in [0.4, 0.5) is 5.82 Å². The molecule has 0 radical (unpaired) electrons. The van der Waals surface area contributed by atoms with Gasteiger partial charge in [-0.3, -0.25) is 0 Å². The van der Waals surface area contributed by atoms with Gasteiger partial charge < -0.3 is 5.32 Å². The molecule has 1 atom stereocenters. The van der Waals surface area contributed by atoms with Gasteiger partial charge in [-0.2, -0.15) is 0 Å². The van der Waals surface area contributed by atoms with Gasteiger partial charge in [-0.05, 0) is 46.8 Å². The number of aromatic nitrogens is 1. The molecule has 4 heteroatoms. The number of nitrogens with zero attached hydrogens (tertiary/aromatic N) is 1. The Morgan fingerprint density at radius 1 is 1.56 bits per heavy atom. The fraction of sp³-hybridized carbons (Fsp3) is 0.583. The molecule has 1 aromatic rings. The minimum atomic E-state index is 0.627. The molecule has 1 rings (SSSR count). The summed E-state index contributed by atoms with van der Waals surface area (Å²) in [6.45, 7) is 5.20. The number of nitrogens with one attached hydrogen (secondary N) is 1. The van der Waals surface area contributed by atoms with Crippen molar-refractivity contribution in [1.29, 1.82) is 0 Å². The van der Waals surface area contributed by atoms with Crippen LogP contribution >= 0.6 is 27.5 Å². The lowest BCUT2D eigenvalue weighted by Crippen LogP contribution is -2.15. The van der Waals surface area contributed by atoms with Crippen molar-refractivity contribution in [2.45, 2.75) is 26.7 Å². The zero-order valence-electron chi connectivity index (χ0n) is 9.76. The van der Waals surface area contributed by atoms with Crippen LogP contribution in [0.15, 0.2) is 16.7 Å². The number of anilines is 1. The van der Waals surface area contributed by atoms with Crippen LogP contribution in [0.3, 0.4) is 0 Å². The Morgan fingerprint density at radius 2 is 2.31 bits per heavy atom. The molecule has 0 fully saturated rings. The van der Waals surface area contributed by atoms with Crippen molar-refractivity contribution < 1.29 is 0 Å². The highest BCUT2D eigenvalue weighted by molar-refractivity contribution is 9.10. The number of alkyl halides is 1. The van der Waals surface area contributed by atoms with Crippen LogP contribution in [-0.4, -0.2) is 17.4 Å². The minimum absolute atomic E-state index is 0.627. The second-order valence-electron chi connectivity index (χ2n) is 3.95. The third-order valence-corrected chi connectivity index (χ3v) is 3.35. The van der Waals surface area contributed by atoms with Crippen LogP contribution < -0.4 is 5.32 Å². The molecule has 0 amide bonds. The quantitative estimate of drug-likeness (QED) is 0.796. The normalized spacial score (nSPS) is 12.5. The van der Waals surface area contributed by atoms with E-state index < -0.39 is 0 Å². The summed E-state index contributed by atoms with van der Waals surface area (Å²) >= 11 is 9.17. The van der Waals surface area contributed by atoms with Crippen molar-refractivity contribution in [1.82, 2.24) is 4.98 Å². The predicted molar refractivity (Wildman–Crippen MR) is 74.3 cm³/mol. The van der Waals surface area contributed by atoms with Crippen molar-refractivity contribution in [3.63, 3.8) is 0 Å². The summed E-state index contributed by atoms with van der Waals surface area (Å²) < 4.78 is 1.02. The van der Waals surface area contributed by atoms with Gasteiger partial charge in [0.05, 0.1) is 0 Å². The molecule has 0 aliphatic rings. The Kier molecular flexibility index (Phi) is 6.14. The van der Waals surface area contributed by atoms with E-state index in [4.69, 9.17) is 11.6 Å². The Morgan fingerprint density at radius 3 is 2.88 bits per heavy atom. The third-order valence-electron chi connectivity index (χ3n) is 2.70. The topological polar surface area (TPSA) is 24.9 Å². The third kappa shape index (κ3) is 4.30. The zero-order valence-corrected chi connectivity index (χ0v) is 12.1. The van der Waals surface area contributed by atoms with E-state index >= 15 is 0 Å². The molecule has 0 aliphatic carbocycles. The van der Waals surface area contributed by atoms with E-state index in [0.29, 0.717) is 5.92 Å². The fourth-order valence-electron chi connectivity index (χ4n) is 1.57. The lowest BCUT2D eigenvalue weighted by Gasteiger charge is -2.15. The first-order valence-corrected chi connectivity index (χ1v) is 6.92. The maximum atomic E-state index is 5.76. The van der Waals surface area contributed by atoms with Gasteiger partial charge in [0.25, 0.3) is 0 Å². The standard InChI is InChI=1S/C12H18BrClN2/c1-3-10(4-5-14)7-15-12-9(2)6-11(13)8-16-12/h6,8,10H,3-5,7H2,1-2H3,(H,15,16). The van der Waals surface area contributed by atoms with E-state index in [1.165, 1.54) is 0 Å². The van der Waals surface area contributed by atoms with Crippen molar-refractivity contribution in [2.75, 3.05) is 17.7 Å². The average Bonchev–Trinajstić information content (AvgIpc) is 2.26. The monoisotopic (exact) mass is 304 g/mol. The van der Waals surface area contributed by atoms with E-state index in [-0.39, 0.29) is 0 Å². The molecule has 0 aromatic carbocycles. The maximum absolute atomic E-state index is 5.76. The average molecular weight is 306 g/mol. The van der Waals surface area contributed by atoms with Crippen LogP contribution in [0, 0.1) is 12.8 Å². The van der Waals surface area contributed by atoms with Crippen molar-refractivity contribution in [3.8, 4) is 0 Å². The van der Waals surface area contributed by atoms with Crippen LogP contribution in [0.25, 0.3) is 0 Å². The molecule has 1 heterocycles. The lowest BCUT2D eigenvalue weighted by molar-refractivity contribution is 0.521. The number of aryl methyl sites for hydroxylation is 1. The smallest absolute Gasteiger partial charge is 0.128 e. The van der Waals surface area contributed by atoms with Gasteiger partial charge in [0, 0.05) is 23.1 Å². The Labute approximate surface area is 111 Å². The number of rotatable bonds is 6. The summed E-state index contributed by atoms with van der Waals surface area (Å²) in [5.41, 5.74) is 1.16. The SMILES string of the molecule is CCC(CCCl)CNc1ncc(Br)cc1C. The number of hydrogen-bond donors (Lipinski definition) is 1. The fourth-order valence-corrected chi connectivity index (χ4v) is 2.33. The van der Waals surface area contributed by atoms with Gasteiger partial charge in [0.2, 0.25) is 0 Å². The molecule has 0 bridgehead atoms. The van der Waals surface area contributed by atoms with E-state index in [1.807, 2.05) is 6.20 Å². The molecular weight excluding hydrogens is 288 g/mol. The van der Waals surface area contributed by atoms with Crippen LogP contribution in [0.2, 0.25) is 0 Å². The highest BCUT2D eigenvalue weighted by Crippen LogP contribution is 2.18. The minimum Gasteiger partial charge on any atom is -0.370 e. The number of halogens is 2. The summed E-state index contributed by atoms with van der Waals surface area (Å²) in [5, 5.41) is 3.39. The molecule has 2 nitrogen and oxygen atoms in total. The Bertz CT molecular complexity index is 331. The first kappa shape index (κ1) is 13.8. The second kappa shape index (κ2) is 7.13. The van der Waals surface area contributed by atoms with E-state index in [0.717, 1.165) is 41.1 Å². The van der Waals surface area contributed by atoms with Crippen LogP contribution in [0.1, 0.15) is 25.3 Å². The van der Waals surface area contributed by atoms with E-state index in [1.54, 1.807) is 0 Å². The maximum Gasteiger partial charge on any atom is 0.128 e. The van der Waals surface area contributed by atoms with Crippen molar-refractivity contribution in [3.05, 3.63) is 22.3 Å². The summed E-state index contributed by atoms with van der Waals surface area (Å²) in [4.78, 5) is 4.35. The predicted octanol–water partition coefficient (Wildman–Crippen LogP) is 4.22. The zero-order chi connectivity index (χ0) is 12.0. The molecule has 0 spiro atoms. The van der Waals surface area contributed by atoms with Gasteiger partial charge in [0.1, 0.15) is 5.82 Å². The summed E-state index contributed by atoms with van der Waals surface area (Å²) in [5.74, 6) is 2.32. The second-order valence-corrected chi connectivity index (χ2v) is 5.25. The first-order valence-electron chi connectivity index (χ1n) is 5.59. The Balaban J connectivity index is 2.53. The van der Waals surface area contributed by atoms with Gasteiger partial charge in [-0.15, -0.1) is 11.6 Å². The molecule has 90 valence electrons.